The van der Waals surface area contributed by atoms with Crippen LogP contribution < -0.4 is 10.1 Å². The first-order chi connectivity index (χ1) is 23.5. The number of aliphatic hydroxyl groups excluding tert-OH is 2. The number of aromatic hydroxyl groups is 2. The number of aliphatic carboxylic acids is 1. The van der Waals surface area contributed by atoms with E-state index in [0.717, 1.165) is 6.92 Å². The van der Waals surface area contributed by atoms with Crippen LogP contribution >= 0.6 is 0 Å². The Labute approximate surface area is 283 Å². The number of hydrogen-bond donors (Lipinski definition) is 7. The van der Waals surface area contributed by atoms with Crippen molar-refractivity contribution in [3.8, 4) is 17.2 Å². The zero-order valence-electron chi connectivity index (χ0n) is 27.1. The van der Waals surface area contributed by atoms with Gasteiger partial charge in [-0.2, -0.15) is 0 Å². The van der Waals surface area contributed by atoms with E-state index in [-0.39, 0.29) is 34.6 Å². The van der Waals surface area contributed by atoms with Gasteiger partial charge in [0.05, 0.1) is 48.7 Å². The molecule has 1 amide bonds. The molecule has 2 aromatic rings. The van der Waals surface area contributed by atoms with Crippen molar-refractivity contribution in [3.63, 3.8) is 0 Å². The van der Waals surface area contributed by atoms with Crippen LogP contribution in [0.1, 0.15) is 75.8 Å². The fraction of sp³-hybridized carbons (Fsp3) is 0.412. The van der Waals surface area contributed by atoms with Crippen LogP contribution in [-0.2, 0) is 35.1 Å². The molecular formula is C34H35NO15. The summed E-state index contributed by atoms with van der Waals surface area (Å²) < 4.78 is 17.1. The van der Waals surface area contributed by atoms with Crippen molar-refractivity contribution >= 4 is 35.0 Å². The molecule has 1 saturated heterocycles. The predicted octanol–water partition coefficient (Wildman–Crippen LogP) is -0.199. The minimum atomic E-state index is -2.43. The number of carboxylic acids is 1. The molecule has 0 bridgehead atoms. The molecule has 7 N–H and O–H groups in total. The van der Waals surface area contributed by atoms with E-state index in [9.17, 15) is 59.4 Å². The lowest BCUT2D eigenvalue weighted by molar-refractivity contribution is -0.182. The third kappa shape index (κ3) is 6.27. The molecule has 1 fully saturated rings. The third-order valence-corrected chi connectivity index (χ3v) is 9.18. The molecule has 5 rings (SSSR count). The average molecular weight is 698 g/mol. The predicted molar refractivity (Wildman–Crippen MR) is 167 cm³/mol. The maximum absolute atomic E-state index is 13.9. The SMILES string of the molecule is COc1cccc2c1C(=O)c1c(O)c3c(c(O)c1C2=O)CC(O)(C(=O)CO)CC3OC1COC(C)C(O)C1NC(=O)C=C(CC(C)=O)C(=O)O. The number of Topliss-reactive ketones (excluding diaryl/α,β-unsaturated/α-hetero) is 2. The number of aliphatic hydroxyl groups is 3. The number of carbonyl (C=O) groups is 6. The highest BCUT2D eigenvalue weighted by molar-refractivity contribution is 6.31. The van der Waals surface area contributed by atoms with Crippen LogP contribution in [0.15, 0.2) is 29.8 Å². The lowest BCUT2D eigenvalue weighted by Gasteiger charge is -2.44. The van der Waals surface area contributed by atoms with Crippen LogP contribution in [0, 0.1) is 0 Å². The lowest BCUT2D eigenvalue weighted by Crippen LogP contribution is -2.61. The number of methoxy groups -OCH3 is 1. The van der Waals surface area contributed by atoms with E-state index < -0.39 is 125 Å². The zero-order valence-corrected chi connectivity index (χ0v) is 27.1. The van der Waals surface area contributed by atoms with Gasteiger partial charge in [0.25, 0.3) is 0 Å². The van der Waals surface area contributed by atoms with Crippen LogP contribution in [0.5, 0.6) is 17.2 Å². The van der Waals surface area contributed by atoms with Crippen molar-refractivity contribution in [2.75, 3.05) is 20.3 Å². The van der Waals surface area contributed by atoms with Gasteiger partial charge in [-0.05, 0) is 19.9 Å². The van der Waals surface area contributed by atoms with Gasteiger partial charge in [0.15, 0.2) is 11.6 Å². The maximum Gasteiger partial charge on any atom is 0.332 e. The van der Waals surface area contributed by atoms with E-state index in [1.54, 1.807) is 0 Å². The molecule has 0 saturated carbocycles. The third-order valence-electron chi connectivity index (χ3n) is 9.18. The first kappa shape index (κ1) is 36.3. The first-order valence-corrected chi connectivity index (χ1v) is 15.5. The lowest BCUT2D eigenvalue weighted by atomic mass is 9.71. The Balaban J connectivity index is 1.61. The Morgan fingerprint density at radius 1 is 1.08 bits per heavy atom. The number of hydrogen-bond acceptors (Lipinski definition) is 14. The van der Waals surface area contributed by atoms with Gasteiger partial charge >= 0.3 is 5.97 Å². The van der Waals surface area contributed by atoms with E-state index in [1.807, 2.05) is 0 Å². The molecule has 0 aromatic heterocycles. The molecule has 50 heavy (non-hydrogen) atoms. The number of nitrogens with one attached hydrogen (secondary N) is 1. The number of ether oxygens (including phenoxy) is 3. The Kier molecular flexibility index (Phi) is 9.96. The number of phenols is 2. The minimum absolute atomic E-state index is 0.0169. The summed E-state index contributed by atoms with van der Waals surface area (Å²) in [4.78, 5) is 76.6. The standard InChI is InChI=1S/C34H35NO15/c1-13(37)7-15(33(45)46)8-22(39)35-27-20(12-49-14(2)28(27)40)50-19-10-34(47,21(38)11-36)9-17-24(19)32(44)26-25(30(17)42)29(41)16-5-4-6-18(48-3)23(16)31(26)43/h4-6,8,14,19-20,27-28,36,40,42,44,47H,7,9-12H2,1-3H3,(H,35,39)(H,45,46). The fourth-order valence-electron chi connectivity index (χ4n) is 6.69. The largest absolute Gasteiger partial charge is 0.507 e. The normalized spacial score (nSPS) is 26.0. The topological polar surface area (TPSA) is 264 Å². The second-order valence-corrected chi connectivity index (χ2v) is 12.5. The van der Waals surface area contributed by atoms with Crippen molar-refractivity contribution in [2.24, 2.45) is 0 Å². The van der Waals surface area contributed by atoms with Crippen molar-refractivity contribution in [2.45, 2.75) is 69.2 Å². The van der Waals surface area contributed by atoms with E-state index >= 15 is 0 Å². The summed E-state index contributed by atoms with van der Waals surface area (Å²) in [6.45, 7) is 1.13. The van der Waals surface area contributed by atoms with Crippen LogP contribution in [0.2, 0.25) is 0 Å². The van der Waals surface area contributed by atoms with Crippen LogP contribution in [0.25, 0.3) is 0 Å². The molecule has 1 heterocycles. The zero-order chi connectivity index (χ0) is 36.8. The number of phenolic OH excluding ortho intramolecular Hbond substituents is 2. The second-order valence-electron chi connectivity index (χ2n) is 12.5. The number of benzene rings is 2. The van der Waals surface area contributed by atoms with Crippen LogP contribution in [0.3, 0.4) is 0 Å². The van der Waals surface area contributed by atoms with Crippen LogP contribution in [0.4, 0.5) is 0 Å². The smallest absolute Gasteiger partial charge is 0.332 e. The molecule has 16 nitrogen and oxygen atoms in total. The van der Waals surface area contributed by atoms with Gasteiger partial charge in [-0.1, -0.05) is 12.1 Å². The van der Waals surface area contributed by atoms with Gasteiger partial charge in [-0.15, -0.1) is 0 Å². The summed E-state index contributed by atoms with van der Waals surface area (Å²) in [6.07, 6.45) is -6.59. The molecule has 0 spiro atoms. The van der Waals surface area contributed by atoms with Gasteiger partial charge in [0.2, 0.25) is 11.7 Å². The molecule has 1 aliphatic heterocycles. The second kappa shape index (κ2) is 13.7. The van der Waals surface area contributed by atoms with E-state index in [4.69, 9.17) is 14.2 Å². The highest BCUT2D eigenvalue weighted by Crippen LogP contribution is 2.52. The maximum atomic E-state index is 13.9. The summed E-state index contributed by atoms with van der Waals surface area (Å²) >= 11 is 0. The number of fused-ring (bicyclic) bond motifs is 3. The number of ketones is 4. The van der Waals surface area contributed by atoms with Gasteiger partial charge in [-0.25, -0.2) is 4.79 Å². The highest BCUT2D eigenvalue weighted by atomic mass is 16.6. The molecule has 6 atom stereocenters. The number of rotatable bonds is 10. The molecular weight excluding hydrogens is 662 g/mol. The van der Waals surface area contributed by atoms with Crippen molar-refractivity contribution in [3.05, 3.63) is 63.2 Å². The van der Waals surface area contributed by atoms with Crippen molar-refractivity contribution < 1.29 is 73.6 Å². The molecule has 16 heteroatoms. The Morgan fingerprint density at radius 2 is 1.76 bits per heavy atom. The Hall–Kier alpha value is -5.00. The molecule has 3 aliphatic rings. The van der Waals surface area contributed by atoms with E-state index in [0.29, 0.717) is 6.08 Å². The van der Waals surface area contributed by atoms with Crippen molar-refractivity contribution in [1.29, 1.82) is 0 Å². The first-order valence-electron chi connectivity index (χ1n) is 15.5. The van der Waals surface area contributed by atoms with Crippen molar-refractivity contribution in [1.82, 2.24) is 5.32 Å². The summed E-state index contributed by atoms with van der Waals surface area (Å²) in [5.74, 6) is -7.52. The highest BCUT2D eigenvalue weighted by Gasteiger charge is 2.51. The average Bonchev–Trinajstić information content (AvgIpc) is 3.06. The van der Waals surface area contributed by atoms with E-state index in [2.05, 4.69) is 5.32 Å². The summed E-state index contributed by atoms with van der Waals surface area (Å²) in [5.41, 5.74) is -5.08. The summed E-state index contributed by atoms with van der Waals surface area (Å²) in [7, 11) is 1.27. The van der Waals surface area contributed by atoms with Gasteiger partial charge in [-0.3, -0.25) is 24.0 Å². The Bertz CT molecular complexity index is 1850. The fourth-order valence-corrected chi connectivity index (χ4v) is 6.69. The number of amides is 1. The monoisotopic (exact) mass is 697 g/mol. The van der Waals surface area contributed by atoms with Crippen LogP contribution in [-0.4, -0.2) is 116 Å². The number of carboxylic acid groups (broad SMARTS) is 1. The molecule has 6 unspecified atom stereocenters. The molecule has 2 aliphatic carbocycles. The Morgan fingerprint density at radius 3 is 2.38 bits per heavy atom. The summed E-state index contributed by atoms with van der Waals surface area (Å²) in [5, 5.41) is 67.3. The minimum Gasteiger partial charge on any atom is -0.507 e. The van der Waals surface area contributed by atoms with E-state index in [1.165, 1.54) is 32.2 Å². The van der Waals surface area contributed by atoms with Gasteiger partial charge in [0.1, 0.15) is 47.4 Å². The quantitative estimate of drug-likeness (QED) is 0.107. The van der Waals surface area contributed by atoms with Gasteiger partial charge < -0.3 is 50.2 Å². The van der Waals surface area contributed by atoms with Gasteiger partial charge in [0, 0.05) is 47.6 Å². The summed E-state index contributed by atoms with van der Waals surface area (Å²) in [6, 6.07) is 2.85. The molecule has 266 valence electrons. The molecule has 0 radical (unpaired) electrons. The number of carbonyl (C=O) groups excluding carboxylic acids is 5. The molecule has 2 aromatic carbocycles.